The second-order valence-electron chi connectivity index (χ2n) is 4.34. The Hall–Kier alpha value is -0.670. The van der Waals surface area contributed by atoms with Gasteiger partial charge in [-0.15, -0.1) is 6.58 Å². The van der Waals surface area contributed by atoms with Gasteiger partial charge in [-0.2, -0.15) is 0 Å². The third-order valence-electron chi connectivity index (χ3n) is 2.54. The van der Waals surface area contributed by atoms with Crippen LogP contribution >= 0.6 is 15.9 Å². The Bertz CT molecular complexity index is 390. The van der Waals surface area contributed by atoms with E-state index in [0.717, 1.165) is 30.5 Å². The van der Waals surface area contributed by atoms with Crippen LogP contribution in [0.15, 0.2) is 34.8 Å². The van der Waals surface area contributed by atoms with Gasteiger partial charge in [0.15, 0.2) is 0 Å². The minimum atomic E-state index is -0.215. The molecule has 0 saturated heterocycles. The van der Waals surface area contributed by atoms with Crippen LogP contribution in [-0.2, 0) is 0 Å². The van der Waals surface area contributed by atoms with Crippen molar-refractivity contribution in [2.75, 3.05) is 6.54 Å². The summed E-state index contributed by atoms with van der Waals surface area (Å²) in [6.45, 7) is 8.97. The van der Waals surface area contributed by atoms with Crippen molar-refractivity contribution >= 4 is 15.9 Å². The first-order valence-corrected chi connectivity index (χ1v) is 6.66. The van der Waals surface area contributed by atoms with Crippen LogP contribution in [-0.4, -0.2) is 6.54 Å². The van der Waals surface area contributed by atoms with E-state index in [1.165, 1.54) is 0 Å². The van der Waals surface area contributed by atoms with E-state index in [2.05, 4.69) is 34.7 Å². The second kappa shape index (κ2) is 6.92. The summed E-state index contributed by atoms with van der Waals surface area (Å²) in [6, 6.07) is 5.43. The van der Waals surface area contributed by atoms with Crippen molar-refractivity contribution in [2.45, 2.75) is 32.7 Å². The molecule has 1 rings (SSSR count). The SMILES string of the molecule is C=C(C)CC(NCCC)c1ccc(Br)c(F)c1. The number of nitrogens with one attached hydrogen (secondary N) is 1. The minimum Gasteiger partial charge on any atom is -0.310 e. The molecular weight excluding hydrogens is 281 g/mol. The van der Waals surface area contributed by atoms with Crippen LogP contribution < -0.4 is 5.32 Å². The number of hydrogen-bond acceptors (Lipinski definition) is 1. The lowest BCUT2D eigenvalue weighted by molar-refractivity contribution is 0.522. The number of hydrogen-bond donors (Lipinski definition) is 1. The molecular formula is C14H19BrFN. The van der Waals surface area contributed by atoms with Crippen LogP contribution in [0.4, 0.5) is 4.39 Å². The quantitative estimate of drug-likeness (QED) is 0.757. The first-order valence-electron chi connectivity index (χ1n) is 5.87. The molecule has 0 amide bonds. The van der Waals surface area contributed by atoms with Gasteiger partial charge in [0.2, 0.25) is 0 Å². The Morgan fingerprint density at radius 1 is 1.53 bits per heavy atom. The topological polar surface area (TPSA) is 12.0 Å². The maximum atomic E-state index is 13.5. The first-order chi connectivity index (χ1) is 8.04. The summed E-state index contributed by atoms with van der Waals surface area (Å²) in [4.78, 5) is 0. The lowest BCUT2D eigenvalue weighted by Gasteiger charge is -2.19. The van der Waals surface area contributed by atoms with E-state index < -0.39 is 0 Å². The Balaban J connectivity index is 2.86. The molecule has 0 aliphatic carbocycles. The van der Waals surface area contributed by atoms with Gasteiger partial charge in [0.25, 0.3) is 0 Å². The normalized spacial score (nSPS) is 12.5. The predicted molar refractivity (Wildman–Crippen MR) is 74.6 cm³/mol. The van der Waals surface area contributed by atoms with E-state index in [1.807, 2.05) is 13.0 Å². The monoisotopic (exact) mass is 299 g/mol. The molecule has 0 fully saturated rings. The number of rotatable bonds is 6. The standard InChI is InChI=1S/C14H19BrFN/c1-4-7-17-14(8-10(2)3)11-5-6-12(15)13(16)9-11/h5-6,9,14,17H,2,4,7-8H2,1,3H3. The van der Waals surface area contributed by atoms with Crippen molar-refractivity contribution in [3.05, 3.63) is 46.2 Å². The molecule has 3 heteroatoms. The van der Waals surface area contributed by atoms with Gasteiger partial charge in [-0.25, -0.2) is 4.39 Å². The molecule has 0 aromatic heterocycles. The Morgan fingerprint density at radius 3 is 2.76 bits per heavy atom. The molecule has 1 unspecified atom stereocenters. The van der Waals surface area contributed by atoms with Crippen molar-refractivity contribution in [3.8, 4) is 0 Å². The smallest absolute Gasteiger partial charge is 0.137 e. The maximum absolute atomic E-state index is 13.5. The average Bonchev–Trinajstić information content (AvgIpc) is 2.27. The van der Waals surface area contributed by atoms with Crippen molar-refractivity contribution in [1.29, 1.82) is 0 Å². The van der Waals surface area contributed by atoms with Gasteiger partial charge in [-0.3, -0.25) is 0 Å². The third-order valence-corrected chi connectivity index (χ3v) is 3.18. The van der Waals surface area contributed by atoms with Crippen LogP contribution in [0.25, 0.3) is 0 Å². The van der Waals surface area contributed by atoms with E-state index in [-0.39, 0.29) is 11.9 Å². The zero-order chi connectivity index (χ0) is 12.8. The molecule has 1 aromatic carbocycles. The highest BCUT2D eigenvalue weighted by Crippen LogP contribution is 2.24. The first kappa shape index (κ1) is 14.4. The van der Waals surface area contributed by atoms with E-state index in [1.54, 1.807) is 12.1 Å². The molecule has 0 radical (unpaired) electrons. The van der Waals surface area contributed by atoms with Crippen LogP contribution in [0.5, 0.6) is 0 Å². The molecule has 0 aliphatic rings. The van der Waals surface area contributed by atoms with E-state index in [9.17, 15) is 4.39 Å². The van der Waals surface area contributed by atoms with Crippen molar-refractivity contribution in [1.82, 2.24) is 5.32 Å². The zero-order valence-electron chi connectivity index (χ0n) is 10.4. The van der Waals surface area contributed by atoms with E-state index in [4.69, 9.17) is 0 Å². The molecule has 1 aromatic rings. The Morgan fingerprint density at radius 2 is 2.24 bits per heavy atom. The molecule has 1 atom stereocenters. The Labute approximate surface area is 111 Å². The molecule has 0 saturated carbocycles. The molecule has 0 bridgehead atoms. The Kier molecular flexibility index (Phi) is 5.86. The fourth-order valence-corrected chi connectivity index (χ4v) is 1.95. The summed E-state index contributed by atoms with van der Waals surface area (Å²) < 4.78 is 14.0. The molecule has 0 aliphatic heterocycles. The highest BCUT2D eigenvalue weighted by molar-refractivity contribution is 9.10. The van der Waals surface area contributed by atoms with E-state index in [0.29, 0.717) is 4.47 Å². The van der Waals surface area contributed by atoms with Crippen molar-refractivity contribution in [2.24, 2.45) is 0 Å². The molecule has 94 valence electrons. The summed E-state index contributed by atoms with van der Waals surface area (Å²) in [5.74, 6) is -0.215. The largest absolute Gasteiger partial charge is 0.310 e. The van der Waals surface area contributed by atoms with Gasteiger partial charge in [0.1, 0.15) is 5.82 Å². The number of halogens is 2. The van der Waals surface area contributed by atoms with E-state index >= 15 is 0 Å². The summed E-state index contributed by atoms with van der Waals surface area (Å²) in [5.41, 5.74) is 2.07. The van der Waals surface area contributed by atoms with Gasteiger partial charge < -0.3 is 5.32 Å². The zero-order valence-corrected chi connectivity index (χ0v) is 12.0. The van der Waals surface area contributed by atoms with Crippen LogP contribution in [0.2, 0.25) is 0 Å². The fraction of sp³-hybridized carbons (Fsp3) is 0.429. The summed E-state index contributed by atoms with van der Waals surface area (Å²) in [6.07, 6.45) is 1.90. The highest BCUT2D eigenvalue weighted by atomic mass is 79.9. The molecule has 0 heterocycles. The molecule has 1 nitrogen and oxygen atoms in total. The van der Waals surface area contributed by atoms with Gasteiger partial charge in [-0.1, -0.05) is 18.6 Å². The van der Waals surface area contributed by atoms with Crippen molar-refractivity contribution < 1.29 is 4.39 Å². The molecule has 1 N–H and O–H groups in total. The fourth-order valence-electron chi connectivity index (χ4n) is 1.70. The maximum Gasteiger partial charge on any atom is 0.137 e. The van der Waals surface area contributed by atoms with Crippen LogP contribution in [0.3, 0.4) is 0 Å². The highest BCUT2D eigenvalue weighted by Gasteiger charge is 2.12. The third kappa shape index (κ3) is 4.60. The van der Waals surface area contributed by atoms with Crippen molar-refractivity contribution in [3.63, 3.8) is 0 Å². The minimum absolute atomic E-state index is 0.148. The second-order valence-corrected chi connectivity index (χ2v) is 5.20. The van der Waals surface area contributed by atoms with Gasteiger partial charge in [0.05, 0.1) is 4.47 Å². The summed E-state index contributed by atoms with van der Waals surface area (Å²) in [5, 5.41) is 3.42. The summed E-state index contributed by atoms with van der Waals surface area (Å²) in [7, 11) is 0. The van der Waals surface area contributed by atoms with Gasteiger partial charge in [0, 0.05) is 6.04 Å². The molecule has 0 spiro atoms. The van der Waals surface area contributed by atoms with Crippen LogP contribution in [0.1, 0.15) is 38.3 Å². The number of benzene rings is 1. The predicted octanol–water partition coefficient (Wildman–Crippen LogP) is 4.60. The van der Waals surface area contributed by atoms with Gasteiger partial charge in [-0.05, 0) is 59.9 Å². The molecule has 17 heavy (non-hydrogen) atoms. The van der Waals surface area contributed by atoms with Gasteiger partial charge >= 0.3 is 0 Å². The lowest BCUT2D eigenvalue weighted by Crippen LogP contribution is -2.22. The summed E-state index contributed by atoms with van der Waals surface area (Å²) >= 11 is 3.17. The average molecular weight is 300 g/mol. The lowest BCUT2D eigenvalue weighted by atomic mass is 10.00. The van der Waals surface area contributed by atoms with Crippen LogP contribution in [0, 0.1) is 5.82 Å².